The average Bonchev–Trinajstić information content (AvgIpc) is 1.52. The van der Waals surface area contributed by atoms with Crippen LogP contribution >= 0.6 is 11.3 Å². The molecule has 0 fully saturated rings. The van der Waals surface area contributed by atoms with Gasteiger partial charge in [-0.2, -0.15) is 0 Å². The van der Waals surface area contributed by atoms with Gasteiger partial charge in [0.2, 0.25) is 0 Å². The second kappa shape index (κ2) is 25.9. The van der Waals surface area contributed by atoms with Crippen LogP contribution in [0.15, 0.2) is 426 Å². The number of thiophene rings is 1. The first-order valence-corrected chi connectivity index (χ1v) is 40.6. The number of nitrogens with zero attached hydrogens (tertiary/aromatic N) is 2. The van der Waals surface area contributed by atoms with Crippen molar-refractivity contribution in [3.05, 3.63) is 457 Å². The molecule has 2 aliphatic rings. The number of anilines is 6. The van der Waals surface area contributed by atoms with Crippen molar-refractivity contribution in [1.29, 1.82) is 0 Å². The van der Waals surface area contributed by atoms with Gasteiger partial charge >= 0.3 is 0 Å². The highest BCUT2D eigenvalue weighted by atomic mass is 32.1. The highest BCUT2D eigenvalue weighted by Gasteiger charge is 2.49. The van der Waals surface area contributed by atoms with Crippen LogP contribution in [0.2, 0.25) is 0 Å². The van der Waals surface area contributed by atoms with Gasteiger partial charge in [0.1, 0.15) is 33.5 Å². The monoisotopic (exact) mass is 1500 g/mol. The Kier molecular flexibility index (Phi) is 14.7. The van der Waals surface area contributed by atoms with Gasteiger partial charge in [0.15, 0.2) is 0 Å². The summed E-state index contributed by atoms with van der Waals surface area (Å²) in [6.45, 7) is 0. The molecule has 2 unspecified atom stereocenters. The lowest BCUT2D eigenvalue weighted by molar-refractivity contribution is 0.665. The van der Waals surface area contributed by atoms with Crippen molar-refractivity contribution < 1.29 is 13.3 Å². The van der Waals surface area contributed by atoms with Crippen molar-refractivity contribution in [3.63, 3.8) is 0 Å². The van der Waals surface area contributed by atoms with Crippen LogP contribution in [0.25, 0.3) is 142 Å². The molecule has 6 heteroatoms. The summed E-state index contributed by atoms with van der Waals surface area (Å²) in [6.07, 6.45) is 0. The van der Waals surface area contributed by atoms with Gasteiger partial charge in [0.05, 0.1) is 10.8 Å². The number of hydrogen-bond donors (Lipinski definition) is 0. The Balaban J connectivity index is 0.600. The number of rotatable bonds is 13. The molecule has 0 bridgehead atoms. The number of para-hydroxylation sites is 4. The number of benzene rings is 18. The fourth-order valence-corrected chi connectivity index (χ4v) is 21.1. The second-order valence-electron chi connectivity index (χ2n) is 30.8. The maximum atomic E-state index is 7.12. The van der Waals surface area contributed by atoms with Gasteiger partial charge < -0.3 is 23.1 Å². The summed E-state index contributed by atoms with van der Waals surface area (Å²) in [7, 11) is 0. The fourth-order valence-electron chi connectivity index (χ4n) is 19.9. The first kappa shape index (κ1) is 65.8. The molecule has 0 saturated carbocycles. The Morgan fingerprint density at radius 2 is 0.603 bits per heavy atom. The molecule has 542 valence electrons. The van der Waals surface area contributed by atoms with Gasteiger partial charge in [-0.15, -0.1) is 11.3 Å². The third-order valence-corrected chi connectivity index (χ3v) is 26.0. The molecule has 0 spiro atoms. The lowest BCUT2D eigenvalue weighted by Gasteiger charge is -2.34. The third-order valence-electron chi connectivity index (χ3n) is 24.8. The normalized spacial score (nSPS) is 14.8. The quantitative estimate of drug-likeness (QED) is 0.115. The molecule has 2 aliphatic carbocycles. The van der Waals surface area contributed by atoms with Gasteiger partial charge in [-0.3, -0.25) is 0 Å². The van der Waals surface area contributed by atoms with Crippen molar-refractivity contribution in [2.24, 2.45) is 0 Å². The molecule has 0 N–H and O–H groups in total. The summed E-state index contributed by atoms with van der Waals surface area (Å²) in [5.74, 6) is 0. The average molecular weight is 1500 g/mol. The summed E-state index contributed by atoms with van der Waals surface area (Å²) >= 11 is 1.88. The molecule has 4 heterocycles. The first-order valence-electron chi connectivity index (χ1n) is 39.7. The van der Waals surface area contributed by atoms with E-state index in [-0.39, 0.29) is 0 Å². The van der Waals surface area contributed by atoms with Crippen molar-refractivity contribution in [2.45, 2.75) is 10.8 Å². The largest absolute Gasteiger partial charge is 0.456 e. The summed E-state index contributed by atoms with van der Waals surface area (Å²) in [6, 6.07) is 152. The van der Waals surface area contributed by atoms with E-state index in [0.717, 1.165) is 122 Å². The van der Waals surface area contributed by atoms with E-state index in [2.05, 4.69) is 398 Å². The zero-order valence-electron chi connectivity index (χ0n) is 62.8. The molecular weight excluding hydrogens is 1430 g/mol. The lowest BCUT2D eigenvalue weighted by Crippen LogP contribution is -2.28. The smallest absolute Gasteiger partial charge is 0.137 e. The van der Waals surface area contributed by atoms with E-state index < -0.39 is 10.8 Å². The van der Waals surface area contributed by atoms with E-state index in [1.54, 1.807) is 0 Å². The van der Waals surface area contributed by atoms with Crippen molar-refractivity contribution in [1.82, 2.24) is 0 Å². The Morgan fingerprint density at radius 3 is 1.22 bits per heavy atom. The molecule has 24 rings (SSSR count). The van der Waals surface area contributed by atoms with E-state index in [1.165, 1.54) is 98.1 Å². The zero-order chi connectivity index (χ0) is 76.2. The number of furan rings is 3. The standard InChI is InChI=1S/C110H68N2O3S/c1-5-24-72(25-6-1)109(74-51-59-91-101(65-74)115-100-44-22-37-82(107(91)100)69-46-53-78(54-47-69)111(76-28-9-3-10-29-76)80-57-61-88-86-33-15-19-42-98(86)113-102(88)67-80)94-39-17-13-32-85(94)93-64-71(50-63-96(93)109)84-36-21-41-97-106(84)90-35-14-18-40-95(90)110(97,73-26-7-2-8-27-73)75-52-60-92-105(66-75)116-104-45-23-38-83(108(92)104)70-48-55-79(56-49-70)112(77-30-11-4-12-31-77)81-58-62-89-87-34-16-20-43-99(87)114-103(89)68-81/h1-68H. The second-order valence-corrected chi connectivity index (χ2v) is 31.9. The maximum Gasteiger partial charge on any atom is 0.137 e. The molecule has 2 atom stereocenters. The summed E-state index contributed by atoms with van der Waals surface area (Å²) in [4.78, 5) is 4.62. The Hall–Kier alpha value is -14.8. The minimum Gasteiger partial charge on any atom is -0.456 e. The minimum atomic E-state index is -0.694. The summed E-state index contributed by atoms with van der Waals surface area (Å²) < 4.78 is 22.5. The van der Waals surface area contributed by atoms with Crippen LogP contribution in [0.1, 0.15) is 44.5 Å². The van der Waals surface area contributed by atoms with Crippen LogP contribution < -0.4 is 9.80 Å². The maximum absolute atomic E-state index is 7.12. The van der Waals surface area contributed by atoms with Gasteiger partial charge in [-0.1, -0.05) is 285 Å². The topological polar surface area (TPSA) is 45.9 Å². The fraction of sp³-hybridized carbons (Fsp3) is 0.0182. The highest BCUT2D eigenvalue weighted by molar-refractivity contribution is 7.26. The van der Waals surface area contributed by atoms with E-state index in [9.17, 15) is 0 Å². The van der Waals surface area contributed by atoms with Crippen LogP contribution in [-0.2, 0) is 10.8 Å². The Morgan fingerprint density at radius 1 is 0.198 bits per heavy atom. The van der Waals surface area contributed by atoms with Crippen LogP contribution in [0.4, 0.5) is 34.1 Å². The Labute approximate surface area is 673 Å². The van der Waals surface area contributed by atoms with Crippen LogP contribution in [0.5, 0.6) is 0 Å². The summed E-state index contributed by atoms with van der Waals surface area (Å²) in [5, 5.41) is 9.12. The van der Waals surface area contributed by atoms with Crippen molar-refractivity contribution >= 4 is 131 Å². The number of fused-ring (bicyclic) bond motifs is 18. The highest BCUT2D eigenvalue weighted by Crippen LogP contribution is 2.62. The van der Waals surface area contributed by atoms with E-state index >= 15 is 0 Å². The Bertz CT molecular complexity index is 7710. The van der Waals surface area contributed by atoms with Crippen LogP contribution in [0, 0.1) is 0 Å². The van der Waals surface area contributed by atoms with Crippen LogP contribution in [0.3, 0.4) is 0 Å². The van der Waals surface area contributed by atoms with Gasteiger partial charge in [0, 0.05) is 98.7 Å². The molecule has 0 radical (unpaired) electrons. The molecule has 0 aliphatic heterocycles. The lowest BCUT2D eigenvalue weighted by atomic mass is 9.67. The first-order chi connectivity index (χ1) is 57.5. The summed E-state index contributed by atoms with van der Waals surface area (Å²) in [5.41, 5.74) is 31.8. The minimum absolute atomic E-state index is 0.656. The predicted octanol–water partition coefficient (Wildman–Crippen LogP) is 30.4. The van der Waals surface area contributed by atoms with Crippen molar-refractivity contribution in [2.75, 3.05) is 9.80 Å². The molecule has 22 aromatic rings. The van der Waals surface area contributed by atoms with E-state index in [0.29, 0.717) is 0 Å². The van der Waals surface area contributed by atoms with E-state index in [4.69, 9.17) is 13.3 Å². The van der Waals surface area contributed by atoms with Gasteiger partial charge in [-0.25, -0.2) is 0 Å². The van der Waals surface area contributed by atoms with Gasteiger partial charge in [0.25, 0.3) is 0 Å². The van der Waals surface area contributed by atoms with Crippen molar-refractivity contribution in [3.8, 4) is 55.6 Å². The number of hydrogen-bond acceptors (Lipinski definition) is 6. The molecule has 5 nitrogen and oxygen atoms in total. The molecular formula is C110H68N2O3S. The molecule has 0 amide bonds. The van der Waals surface area contributed by atoms with E-state index in [1.807, 2.05) is 35.6 Å². The predicted molar refractivity (Wildman–Crippen MR) is 481 cm³/mol. The molecule has 0 saturated heterocycles. The van der Waals surface area contributed by atoms with Gasteiger partial charge in [-0.05, 0) is 215 Å². The SMILES string of the molecule is c1ccc(N(c2ccc(-c3cccc4oc5cc(C6(c7ccccc7)c7ccccc7-c7cc(-c8cccc9c8-c8ccccc8C9(c8ccccc8)c8ccc9c(c8)sc8cccc(-c%10ccc(N(c%11ccccc%11)c%11ccc%12c(c%11)oc%11ccccc%11%12)cc%10)c89)ccc76)ccc5c34)cc2)c2ccc3c(c2)oc2ccccc23)cc1. The molecule has 18 aromatic carbocycles. The van der Waals surface area contributed by atoms with Crippen LogP contribution in [-0.4, -0.2) is 0 Å². The third kappa shape index (κ3) is 9.81. The molecule has 116 heavy (non-hydrogen) atoms. The molecule has 4 aromatic heterocycles. The zero-order valence-corrected chi connectivity index (χ0v) is 63.6.